The molecule has 0 aromatic carbocycles. The van der Waals surface area contributed by atoms with Gasteiger partial charge in [0.1, 0.15) is 11.4 Å². The summed E-state index contributed by atoms with van der Waals surface area (Å²) in [5.74, 6) is 3.52. The minimum Gasteiger partial charge on any atom is -0.393 e. The molecular formula is C33H47FN2O2. The second-order valence-corrected chi connectivity index (χ2v) is 14.3. The van der Waals surface area contributed by atoms with E-state index in [0.717, 1.165) is 25.7 Å². The summed E-state index contributed by atoms with van der Waals surface area (Å²) >= 11 is 0. The Kier molecular flexibility index (Phi) is 6.20. The van der Waals surface area contributed by atoms with Crippen LogP contribution < -0.4 is 5.06 Å². The summed E-state index contributed by atoms with van der Waals surface area (Å²) in [5.41, 5.74) is -0.732. The lowest BCUT2D eigenvalue weighted by molar-refractivity contribution is -0.273. The smallest absolute Gasteiger partial charge is 0.153 e. The molecule has 4 nitrogen and oxygen atoms in total. The first-order chi connectivity index (χ1) is 18.0. The number of aliphatic hydroxyl groups excluding tert-OH is 1. The Bertz CT molecular complexity index is 1120. The summed E-state index contributed by atoms with van der Waals surface area (Å²) in [6.07, 6.45) is 17.8. The molecule has 0 amide bonds. The maximum absolute atomic E-state index is 13.9. The van der Waals surface area contributed by atoms with E-state index in [1.807, 2.05) is 5.06 Å². The Morgan fingerprint density at radius 2 is 1.82 bits per heavy atom. The first kappa shape index (κ1) is 26.5. The van der Waals surface area contributed by atoms with Crippen molar-refractivity contribution in [3.05, 3.63) is 48.5 Å². The van der Waals surface area contributed by atoms with Crippen LogP contribution in [0.15, 0.2) is 42.6 Å². The number of anilines is 1. The molecule has 7 rings (SSSR count). The molecular weight excluding hydrogens is 475 g/mol. The highest BCUT2D eigenvalue weighted by molar-refractivity contribution is 5.50. The van der Waals surface area contributed by atoms with Crippen molar-refractivity contribution in [2.24, 2.45) is 46.3 Å². The van der Waals surface area contributed by atoms with Crippen molar-refractivity contribution < 1.29 is 14.3 Å². The van der Waals surface area contributed by atoms with Gasteiger partial charge in [-0.1, -0.05) is 65.8 Å². The Morgan fingerprint density at radius 1 is 1.03 bits per heavy atom. The fourth-order valence-electron chi connectivity index (χ4n) is 9.81. The van der Waals surface area contributed by atoms with Gasteiger partial charge in [0.2, 0.25) is 0 Å². The highest BCUT2D eigenvalue weighted by atomic mass is 19.1. The van der Waals surface area contributed by atoms with Crippen molar-refractivity contribution in [3.8, 4) is 0 Å². The molecule has 1 aromatic rings. The van der Waals surface area contributed by atoms with Crippen LogP contribution in [0.2, 0.25) is 0 Å². The zero-order valence-corrected chi connectivity index (χ0v) is 24.2. The average molecular weight is 523 g/mol. The number of rotatable bonds is 5. The molecule has 208 valence electrons. The van der Waals surface area contributed by atoms with Crippen molar-refractivity contribution in [1.29, 1.82) is 0 Å². The van der Waals surface area contributed by atoms with E-state index >= 15 is 0 Å². The zero-order chi connectivity index (χ0) is 27.1. The van der Waals surface area contributed by atoms with Crippen LogP contribution in [-0.4, -0.2) is 27.3 Å². The van der Waals surface area contributed by atoms with Crippen LogP contribution in [0, 0.1) is 52.2 Å². The van der Waals surface area contributed by atoms with Gasteiger partial charge in [0, 0.05) is 23.7 Å². The SMILES string of the molecule is CC(C)C(C)C=CC(C)C1CCC2C1(C)CCC1C23C=CC2(CC(O)CCC12C)N(c1ccc(F)cn1)O3. The molecule has 3 saturated carbocycles. The van der Waals surface area contributed by atoms with E-state index < -0.39 is 11.1 Å². The minimum absolute atomic E-state index is 0.0487. The number of halogens is 1. The molecule has 6 aliphatic rings. The first-order valence-electron chi connectivity index (χ1n) is 15.1. The maximum atomic E-state index is 13.9. The predicted octanol–water partition coefficient (Wildman–Crippen LogP) is 7.50. The number of aliphatic hydroxyl groups is 1. The summed E-state index contributed by atoms with van der Waals surface area (Å²) in [6.45, 7) is 14.3. The Balaban J connectivity index is 1.41. The summed E-state index contributed by atoms with van der Waals surface area (Å²) in [4.78, 5) is 11.7. The van der Waals surface area contributed by atoms with E-state index in [2.05, 4.69) is 70.8 Å². The van der Waals surface area contributed by atoms with E-state index in [0.29, 0.717) is 47.7 Å². The summed E-state index contributed by atoms with van der Waals surface area (Å²) in [6, 6.07) is 3.22. The summed E-state index contributed by atoms with van der Waals surface area (Å²) < 4.78 is 13.9. The average Bonchev–Trinajstić information content (AvgIpc) is 3.25. The van der Waals surface area contributed by atoms with Crippen LogP contribution in [0.25, 0.3) is 0 Å². The molecule has 2 spiro atoms. The Morgan fingerprint density at radius 3 is 2.53 bits per heavy atom. The number of hydrogen-bond acceptors (Lipinski definition) is 4. The van der Waals surface area contributed by atoms with Gasteiger partial charge in [-0.05, 0) is 79.7 Å². The number of fused-ring (bicyclic) bond motifs is 2. The lowest BCUT2D eigenvalue weighted by Crippen LogP contribution is -2.79. The number of hydroxylamine groups is 1. The number of nitrogens with zero attached hydrogens (tertiary/aromatic N) is 2. The van der Waals surface area contributed by atoms with Gasteiger partial charge >= 0.3 is 0 Å². The molecule has 38 heavy (non-hydrogen) atoms. The van der Waals surface area contributed by atoms with Crippen LogP contribution in [0.1, 0.15) is 86.5 Å². The Hall–Kier alpha value is -1.72. The molecule has 1 N–H and O–H groups in total. The molecule has 1 saturated heterocycles. The lowest BCUT2D eigenvalue weighted by Gasteiger charge is -2.73. The van der Waals surface area contributed by atoms with Gasteiger partial charge in [-0.25, -0.2) is 14.4 Å². The van der Waals surface area contributed by atoms with E-state index in [9.17, 15) is 9.50 Å². The third kappa shape index (κ3) is 3.49. The molecule has 3 heterocycles. The number of pyridine rings is 1. The molecule has 2 aliphatic heterocycles. The fourth-order valence-corrected chi connectivity index (χ4v) is 9.81. The quantitative estimate of drug-likeness (QED) is 0.407. The van der Waals surface area contributed by atoms with Crippen molar-refractivity contribution in [2.45, 2.75) is 104 Å². The normalized spacial score (nSPS) is 45.2. The van der Waals surface area contributed by atoms with Crippen LogP contribution in [0.3, 0.4) is 0 Å². The van der Waals surface area contributed by atoms with E-state index in [1.54, 1.807) is 6.07 Å². The van der Waals surface area contributed by atoms with Crippen LogP contribution in [0.4, 0.5) is 10.2 Å². The molecule has 10 unspecified atom stereocenters. The summed E-state index contributed by atoms with van der Waals surface area (Å²) in [5, 5.41) is 12.9. The molecule has 10 atom stereocenters. The van der Waals surface area contributed by atoms with Crippen molar-refractivity contribution in [2.75, 3.05) is 5.06 Å². The third-order valence-corrected chi connectivity index (χ3v) is 12.3. The van der Waals surface area contributed by atoms with Gasteiger partial charge in [-0.2, -0.15) is 0 Å². The number of hydrogen-bond donors (Lipinski definition) is 1. The highest BCUT2D eigenvalue weighted by Crippen LogP contribution is 2.73. The second-order valence-electron chi connectivity index (χ2n) is 14.3. The predicted molar refractivity (Wildman–Crippen MR) is 150 cm³/mol. The first-order valence-corrected chi connectivity index (χ1v) is 15.1. The monoisotopic (exact) mass is 522 g/mol. The van der Waals surface area contributed by atoms with E-state index in [1.165, 1.54) is 25.1 Å². The van der Waals surface area contributed by atoms with Crippen LogP contribution in [-0.2, 0) is 4.84 Å². The zero-order valence-electron chi connectivity index (χ0n) is 24.2. The van der Waals surface area contributed by atoms with E-state index in [-0.39, 0.29) is 22.8 Å². The third-order valence-electron chi connectivity index (χ3n) is 12.3. The van der Waals surface area contributed by atoms with Crippen LogP contribution >= 0.6 is 0 Å². The van der Waals surface area contributed by atoms with Gasteiger partial charge in [-0.3, -0.25) is 4.84 Å². The van der Waals surface area contributed by atoms with Gasteiger partial charge in [0.25, 0.3) is 0 Å². The topological polar surface area (TPSA) is 45.6 Å². The largest absolute Gasteiger partial charge is 0.393 e. The molecule has 4 aliphatic carbocycles. The fraction of sp³-hybridized carbons (Fsp3) is 0.727. The molecule has 2 bridgehead atoms. The molecule has 0 radical (unpaired) electrons. The number of aromatic nitrogens is 1. The second kappa shape index (κ2) is 8.89. The maximum Gasteiger partial charge on any atom is 0.153 e. The van der Waals surface area contributed by atoms with Gasteiger partial charge in [0.05, 0.1) is 17.8 Å². The van der Waals surface area contributed by atoms with E-state index in [4.69, 9.17) is 4.84 Å². The van der Waals surface area contributed by atoms with Crippen molar-refractivity contribution in [3.63, 3.8) is 0 Å². The molecule has 1 aromatic heterocycles. The van der Waals surface area contributed by atoms with Crippen molar-refractivity contribution >= 4 is 5.82 Å². The van der Waals surface area contributed by atoms with Crippen molar-refractivity contribution in [1.82, 2.24) is 4.98 Å². The summed E-state index contributed by atoms with van der Waals surface area (Å²) in [7, 11) is 0. The molecule has 4 fully saturated rings. The van der Waals surface area contributed by atoms with Crippen LogP contribution in [0.5, 0.6) is 0 Å². The van der Waals surface area contributed by atoms with Gasteiger partial charge in [0.15, 0.2) is 5.82 Å². The molecule has 5 heteroatoms. The van der Waals surface area contributed by atoms with Gasteiger partial charge < -0.3 is 5.11 Å². The Labute approximate surface area is 228 Å². The minimum atomic E-state index is -0.476. The van der Waals surface area contributed by atoms with Gasteiger partial charge in [-0.15, -0.1) is 0 Å². The number of allylic oxidation sites excluding steroid dienone is 2. The lowest BCUT2D eigenvalue weighted by atomic mass is 9.41. The standard InChI is InChI=1S/C33H47FN2O2/c1-21(2)22(3)7-8-23(4)26-10-11-27-30(26,5)15-14-28-31(6)16-13-25(37)19-32(31)17-18-33(27,28)38-36(32)29-12-9-24(34)20-35-29/h7-9,12,17-18,20-23,25-28,37H,10-11,13-16,19H2,1-6H3. The highest BCUT2D eigenvalue weighted by Gasteiger charge is 2.75.